The van der Waals surface area contributed by atoms with E-state index in [2.05, 4.69) is 10.0 Å². The van der Waals surface area contributed by atoms with Crippen molar-refractivity contribution >= 4 is 37.6 Å². The highest BCUT2D eigenvalue weighted by Gasteiger charge is 2.33. The van der Waals surface area contributed by atoms with Gasteiger partial charge in [0.1, 0.15) is 0 Å². The molecule has 1 fully saturated rings. The zero-order chi connectivity index (χ0) is 23.4. The summed E-state index contributed by atoms with van der Waals surface area (Å²) >= 11 is 5.84. The van der Waals surface area contributed by atoms with Crippen molar-refractivity contribution in [1.29, 1.82) is 0 Å². The van der Waals surface area contributed by atoms with Crippen LogP contribution in [-0.4, -0.2) is 53.2 Å². The summed E-state index contributed by atoms with van der Waals surface area (Å²) in [5.74, 6) is -0.796. The lowest BCUT2D eigenvalue weighted by Gasteiger charge is -2.31. The molecule has 0 unspecified atom stereocenters. The molecule has 0 spiro atoms. The molecule has 174 valence electrons. The molecule has 2 aromatic carbocycles. The molecular formula is C21H26ClN3O5S2. The van der Waals surface area contributed by atoms with Gasteiger partial charge in [-0.1, -0.05) is 29.3 Å². The summed E-state index contributed by atoms with van der Waals surface area (Å²) in [7, 11) is -7.38. The smallest absolute Gasteiger partial charge is 0.243 e. The molecule has 1 atom stereocenters. The van der Waals surface area contributed by atoms with E-state index in [9.17, 15) is 21.6 Å². The molecule has 1 saturated heterocycles. The van der Waals surface area contributed by atoms with E-state index < -0.39 is 26.0 Å². The van der Waals surface area contributed by atoms with E-state index >= 15 is 0 Å². The normalized spacial score (nSPS) is 17.8. The summed E-state index contributed by atoms with van der Waals surface area (Å²) in [6.45, 7) is 2.41. The first-order valence-corrected chi connectivity index (χ1v) is 13.5. The first kappa shape index (κ1) is 24.7. The average molecular weight is 500 g/mol. The van der Waals surface area contributed by atoms with Gasteiger partial charge in [-0.15, -0.1) is 0 Å². The number of piperidine rings is 1. The van der Waals surface area contributed by atoms with Crippen molar-refractivity contribution < 1.29 is 21.6 Å². The van der Waals surface area contributed by atoms with Crippen LogP contribution < -0.4 is 10.0 Å². The maximum atomic E-state index is 12.9. The molecule has 3 rings (SSSR count). The number of aryl methyl sites for hydroxylation is 1. The van der Waals surface area contributed by atoms with Crippen LogP contribution in [0.5, 0.6) is 0 Å². The molecule has 1 heterocycles. The van der Waals surface area contributed by atoms with Gasteiger partial charge in [0.2, 0.25) is 26.0 Å². The highest BCUT2D eigenvalue weighted by molar-refractivity contribution is 7.89. The number of halogens is 1. The second-order valence-electron chi connectivity index (χ2n) is 7.66. The molecule has 0 bridgehead atoms. The average Bonchev–Trinajstić information content (AvgIpc) is 2.77. The third-order valence-electron chi connectivity index (χ3n) is 5.25. The zero-order valence-electron chi connectivity index (χ0n) is 17.6. The fourth-order valence-corrected chi connectivity index (χ4v) is 6.13. The molecule has 8 nitrogen and oxygen atoms in total. The van der Waals surface area contributed by atoms with E-state index in [-0.39, 0.29) is 35.3 Å². The van der Waals surface area contributed by atoms with Gasteiger partial charge < -0.3 is 5.32 Å². The molecule has 0 radical (unpaired) electrons. The third-order valence-corrected chi connectivity index (χ3v) is 8.86. The van der Waals surface area contributed by atoms with Gasteiger partial charge in [-0.05, 0) is 56.2 Å². The number of nitrogens with one attached hydrogen (secondary N) is 2. The van der Waals surface area contributed by atoms with Crippen LogP contribution in [0, 0.1) is 12.8 Å². The molecule has 1 amide bonds. The first-order valence-electron chi connectivity index (χ1n) is 10.2. The van der Waals surface area contributed by atoms with Crippen LogP contribution in [0.3, 0.4) is 0 Å². The van der Waals surface area contributed by atoms with Crippen molar-refractivity contribution in [1.82, 2.24) is 14.3 Å². The quantitative estimate of drug-likeness (QED) is 0.540. The lowest BCUT2D eigenvalue weighted by Crippen LogP contribution is -2.46. The summed E-state index contributed by atoms with van der Waals surface area (Å²) in [4.78, 5) is 12.8. The monoisotopic (exact) mass is 499 g/mol. The summed E-state index contributed by atoms with van der Waals surface area (Å²) in [5, 5.41) is 3.14. The predicted octanol–water partition coefficient (Wildman–Crippen LogP) is 2.14. The van der Waals surface area contributed by atoms with Gasteiger partial charge in [0.15, 0.2) is 0 Å². The zero-order valence-corrected chi connectivity index (χ0v) is 20.0. The lowest BCUT2D eigenvalue weighted by molar-refractivity contribution is -0.126. The minimum Gasteiger partial charge on any atom is -0.355 e. The number of amides is 1. The van der Waals surface area contributed by atoms with Crippen molar-refractivity contribution in [3.63, 3.8) is 0 Å². The number of nitrogens with zero attached hydrogens (tertiary/aromatic N) is 1. The largest absolute Gasteiger partial charge is 0.355 e. The highest BCUT2D eigenvalue weighted by Crippen LogP contribution is 2.24. The second kappa shape index (κ2) is 10.3. The molecule has 11 heteroatoms. The molecule has 1 aliphatic rings. The summed E-state index contributed by atoms with van der Waals surface area (Å²) in [6.07, 6.45) is 1.12. The minimum atomic E-state index is -3.72. The van der Waals surface area contributed by atoms with Crippen molar-refractivity contribution in [3.8, 4) is 0 Å². The van der Waals surface area contributed by atoms with Crippen LogP contribution in [-0.2, 0) is 24.8 Å². The van der Waals surface area contributed by atoms with Crippen LogP contribution in [0.15, 0.2) is 58.3 Å². The van der Waals surface area contributed by atoms with E-state index in [1.807, 2.05) is 6.92 Å². The fraction of sp³-hybridized carbons (Fsp3) is 0.381. The van der Waals surface area contributed by atoms with Gasteiger partial charge in [-0.2, -0.15) is 4.31 Å². The van der Waals surface area contributed by atoms with Crippen molar-refractivity contribution in [2.24, 2.45) is 5.92 Å². The molecule has 2 N–H and O–H groups in total. The molecule has 1 aliphatic heterocycles. The van der Waals surface area contributed by atoms with Gasteiger partial charge in [0, 0.05) is 31.2 Å². The number of hydrogen-bond donors (Lipinski definition) is 2. The van der Waals surface area contributed by atoms with E-state index in [4.69, 9.17) is 11.6 Å². The molecule has 0 aromatic heterocycles. The number of sulfonamides is 2. The van der Waals surface area contributed by atoms with E-state index in [1.54, 1.807) is 12.1 Å². The van der Waals surface area contributed by atoms with Gasteiger partial charge in [-0.25, -0.2) is 21.6 Å². The summed E-state index contributed by atoms with van der Waals surface area (Å²) < 4.78 is 54.1. The van der Waals surface area contributed by atoms with Crippen molar-refractivity contribution in [2.75, 3.05) is 26.2 Å². The Labute approximate surface area is 194 Å². The van der Waals surface area contributed by atoms with Gasteiger partial charge in [0.25, 0.3) is 0 Å². The van der Waals surface area contributed by atoms with Gasteiger partial charge in [0.05, 0.1) is 15.7 Å². The van der Waals surface area contributed by atoms with Crippen LogP contribution in [0.1, 0.15) is 18.4 Å². The number of carbonyl (C=O) groups excluding carboxylic acids is 1. The molecule has 2 aromatic rings. The standard InChI is InChI=1S/C21H26ClN3O5S2/c1-16-4-8-19(9-5-16)31(27,28)24-13-12-23-21(26)17-3-2-14-25(15-17)32(29,30)20-10-6-18(22)7-11-20/h4-11,17,24H,2-3,12-15H2,1H3,(H,23,26)/t17-/m1/s1. The number of carbonyl (C=O) groups is 1. The fourth-order valence-electron chi connectivity index (χ4n) is 3.45. The number of benzene rings is 2. The number of rotatable bonds is 8. The Kier molecular flexibility index (Phi) is 7.94. The first-order chi connectivity index (χ1) is 15.1. The molecule has 32 heavy (non-hydrogen) atoms. The SMILES string of the molecule is Cc1ccc(S(=O)(=O)NCCNC(=O)[C@@H]2CCCN(S(=O)(=O)c3ccc(Cl)cc3)C2)cc1. The van der Waals surface area contributed by atoms with Crippen LogP contribution in [0.4, 0.5) is 0 Å². The Morgan fingerprint density at radius 2 is 1.62 bits per heavy atom. The minimum absolute atomic E-state index is 0.0292. The Bertz CT molecular complexity index is 1150. The topological polar surface area (TPSA) is 113 Å². The predicted molar refractivity (Wildman–Crippen MR) is 122 cm³/mol. The lowest BCUT2D eigenvalue weighted by atomic mass is 9.99. The Hall–Kier alpha value is -1.98. The summed E-state index contributed by atoms with van der Waals surface area (Å²) in [6, 6.07) is 12.4. The maximum absolute atomic E-state index is 12.9. The Morgan fingerprint density at radius 3 is 2.28 bits per heavy atom. The second-order valence-corrected chi connectivity index (χ2v) is 11.8. The van der Waals surface area contributed by atoms with Crippen molar-refractivity contribution in [2.45, 2.75) is 29.6 Å². The maximum Gasteiger partial charge on any atom is 0.243 e. The number of hydrogen-bond acceptors (Lipinski definition) is 5. The Balaban J connectivity index is 1.52. The van der Waals surface area contributed by atoms with E-state index in [0.717, 1.165) is 5.56 Å². The van der Waals surface area contributed by atoms with E-state index in [0.29, 0.717) is 24.4 Å². The van der Waals surface area contributed by atoms with E-state index in [1.165, 1.54) is 40.7 Å². The molecule has 0 aliphatic carbocycles. The van der Waals surface area contributed by atoms with Gasteiger partial charge >= 0.3 is 0 Å². The van der Waals surface area contributed by atoms with Crippen LogP contribution in [0.25, 0.3) is 0 Å². The Morgan fingerprint density at radius 1 is 1.00 bits per heavy atom. The van der Waals surface area contributed by atoms with Crippen LogP contribution >= 0.6 is 11.6 Å². The van der Waals surface area contributed by atoms with Crippen LogP contribution in [0.2, 0.25) is 5.02 Å². The molecule has 0 saturated carbocycles. The third kappa shape index (κ3) is 6.08. The molecular weight excluding hydrogens is 474 g/mol. The van der Waals surface area contributed by atoms with Crippen molar-refractivity contribution in [3.05, 3.63) is 59.1 Å². The summed E-state index contributed by atoms with van der Waals surface area (Å²) in [5.41, 5.74) is 0.954. The van der Waals surface area contributed by atoms with Gasteiger partial charge in [-0.3, -0.25) is 4.79 Å². The highest BCUT2D eigenvalue weighted by atomic mass is 35.5.